The van der Waals surface area contributed by atoms with Crippen molar-refractivity contribution in [2.75, 3.05) is 6.54 Å². The van der Waals surface area contributed by atoms with E-state index < -0.39 is 5.60 Å². The zero-order valence-electron chi connectivity index (χ0n) is 14.3. The first-order valence-corrected chi connectivity index (χ1v) is 8.82. The summed E-state index contributed by atoms with van der Waals surface area (Å²) in [7, 11) is 0. The van der Waals surface area contributed by atoms with E-state index in [0.29, 0.717) is 6.54 Å². The van der Waals surface area contributed by atoms with Gasteiger partial charge < -0.3 is 15.4 Å². The standard InChI is InChI=1S/C16H29N3O2S/c1-6-7-8-13(11-18-15(20)21-16(3,4)5)19-12(2)14-17-9-10-22-14/h9-10,12-13,19H,6-8,11H2,1-5H3,(H,18,20). The van der Waals surface area contributed by atoms with Gasteiger partial charge in [-0.3, -0.25) is 0 Å². The first kappa shape index (κ1) is 18.9. The van der Waals surface area contributed by atoms with Crippen LogP contribution in [0.4, 0.5) is 4.79 Å². The summed E-state index contributed by atoms with van der Waals surface area (Å²) >= 11 is 1.64. The Morgan fingerprint density at radius 2 is 2.18 bits per heavy atom. The number of ether oxygens (including phenoxy) is 1. The molecule has 2 unspecified atom stereocenters. The SMILES string of the molecule is CCCCC(CNC(=O)OC(C)(C)C)NC(C)c1nccs1. The second-order valence-corrected chi connectivity index (χ2v) is 7.41. The summed E-state index contributed by atoms with van der Waals surface area (Å²) < 4.78 is 5.28. The summed E-state index contributed by atoms with van der Waals surface area (Å²) in [6, 6.07) is 0.397. The molecule has 1 amide bonds. The van der Waals surface area contributed by atoms with Crippen LogP contribution in [0.2, 0.25) is 0 Å². The molecular weight excluding hydrogens is 298 g/mol. The van der Waals surface area contributed by atoms with E-state index in [1.54, 1.807) is 11.3 Å². The lowest BCUT2D eigenvalue weighted by atomic mass is 10.1. The first-order valence-electron chi connectivity index (χ1n) is 7.94. The molecule has 0 fully saturated rings. The van der Waals surface area contributed by atoms with E-state index >= 15 is 0 Å². The second-order valence-electron chi connectivity index (χ2n) is 6.48. The minimum absolute atomic E-state index is 0.183. The number of aromatic nitrogens is 1. The zero-order valence-corrected chi connectivity index (χ0v) is 15.1. The van der Waals surface area contributed by atoms with Crippen molar-refractivity contribution in [1.82, 2.24) is 15.6 Å². The number of carbonyl (C=O) groups is 1. The summed E-state index contributed by atoms with van der Waals surface area (Å²) in [4.78, 5) is 16.1. The lowest BCUT2D eigenvalue weighted by molar-refractivity contribution is 0.0521. The summed E-state index contributed by atoms with van der Waals surface area (Å²) in [5.41, 5.74) is -0.468. The van der Waals surface area contributed by atoms with Gasteiger partial charge in [-0.25, -0.2) is 9.78 Å². The van der Waals surface area contributed by atoms with Crippen LogP contribution in [-0.4, -0.2) is 29.3 Å². The molecule has 0 bridgehead atoms. The van der Waals surface area contributed by atoms with Gasteiger partial charge in [0.2, 0.25) is 0 Å². The van der Waals surface area contributed by atoms with Gasteiger partial charge in [0.15, 0.2) is 0 Å². The highest BCUT2D eigenvalue weighted by atomic mass is 32.1. The van der Waals surface area contributed by atoms with Crippen LogP contribution < -0.4 is 10.6 Å². The maximum Gasteiger partial charge on any atom is 0.407 e. The maximum atomic E-state index is 11.8. The molecule has 126 valence electrons. The lowest BCUT2D eigenvalue weighted by Crippen LogP contribution is -2.43. The van der Waals surface area contributed by atoms with E-state index in [1.165, 1.54) is 0 Å². The Morgan fingerprint density at radius 3 is 2.73 bits per heavy atom. The molecule has 1 heterocycles. The van der Waals surface area contributed by atoms with Crippen LogP contribution in [0.25, 0.3) is 0 Å². The number of nitrogens with zero attached hydrogens (tertiary/aromatic N) is 1. The highest BCUT2D eigenvalue weighted by molar-refractivity contribution is 7.09. The Labute approximate surface area is 137 Å². The van der Waals surface area contributed by atoms with Crippen molar-refractivity contribution in [2.24, 2.45) is 0 Å². The second kappa shape index (κ2) is 9.10. The van der Waals surface area contributed by atoms with Gasteiger partial charge in [0.05, 0.1) is 6.04 Å². The van der Waals surface area contributed by atoms with Crippen LogP contribution in [0.3, 0.4) is 0 Å². The Morgan fingerprint density at radius 1 is 1.45 bits per heavy atom. The third kappa shape index (κ3) is 7.75. The minimum Gasteiger partial charge on any atom is -0.444 e. The molecule has 5 nitrogen and oxygen atoms in total. The van der Waals surface area contributed by atoms with Crippen molar-refractivity contribution < 1.29 is 9.53 Å². The van der Waals surface area contributed by atoms with Gasteiger partial charge in [-0.1, -0.05) is 19.8 Å². The van der Waals surface area contributed by atoms with Crippen molar-refractivity contribution >= 4 is 17.4 Å². The molecular formula is C16H29N3O2S. The maximum absolute atomic E-state index is 11.8. The van der Waals surface area contributed by atoms with E-state index in [2.05, 4.69) is 29.5 Å². The normalized spacial score (nSPS) is 14.4. The van der Waals surface area contributed by atoms with Gasteiger partial charge in [0.25, 0.3) is 0 Å². The van der Waals surface area contributed by atoms with Gasteiger partial charge in [-0.05, 0) is 34.1 Å². The summed E-state index contributed by atoms with van der Waals surface area (Å²) in [5, 5.41) is 9.46. The molecule has 1 rings (SSSR count). The first-order chi connectivity index (χ1) is 10.3. The molecule has 0 aliphatic carbocycles. The topological polar surface area (TPSA) is 63.2 Å². The average Bonchev–Trinajstić information content (AvgIpc) is 2.93. The van der Waals surface area contributed by atoms with Gasteiger partial charge in [-0.2, -0.15) is 0 Å². The Bertz CT molecular complexity index is 429. The number of carbonyl (C=O) groups excluding carboxylic acids is 1. The molecule has 22 heavy (non-hydrogen) atoms. The van der Waals surface area contributed by atoms with Gasteiger partial charge in [0, 0.05) is 24.2 Å². The Balaban J connectivity index is 2.48. The predicted molar refractivity (Wildman–Crippen MR) is 91.2 cm³/mol. The van der Waals surface area contributed by atoms with Crippen LogP contribution in [0.15, 0.2) is 11.6 Å². The van der Waals surface area contributed by atoms with Crippen LogP contribution in [-0.2, 0) is 4.74 Å². The van der Waals surface area contributed by atoms with Crippen molar-refractivity contribution in [2.45, 2.75) is 71.6 Å². The van der Waals surface area contributed by atoms with Crippen molar-refractivity contribution in [3.8, 4) is 0 Å². The largest absolute Gasteiger partial charge is 0.444 e. The number of hydrogen-bond acceptors (Lipinski definition) is 5. The molecule has 6 heteroatoms. The molecule has 2 atom stereocenters. The monoisotopic (exact) mass is 327 g/mol. The molecule has 0 aliphatic heterocycles. The number of nitrogens with one attached hydrogen (secondary N) is 2. The van der Waals surface area contributed by atoms with Gasteiger partial charge in [-0.15, -0.1) is 11.3 Å². The lowest BCUT2D eigenvalue weighted by Gasteiger charge is -2.24. The third-order valence-corrected chi connectivity index (χ3v) is 4.06. The molecule has 2 N–H and O–H groups in total. The zero-order chi connectivity index (χ0) is 16.6. The highest BCUT2D eigenvalue weighted by Gasteiger charge is 2.19. The predicted octanol–water partition coefficient (Wildman–Crippen LogP) is 3.88. The van der Waals surface area contributed by atoms with Crippen molar-refractivity contribution in [1.29, 1.82) is 0 Å². The number of alkyl carbamates (subject to hydrolysis) is 1. The number of amides is 1. The molecule has 0 radical (unpaired) electrons. The van der Waals surface area contributed by atoms with Crippen molar-refractivity contribution in [3.63, 3.8) is 0 Å². The molecule has 1 aromatic rings. The molecule has 0 saturated carbocycles. The number of unbranched alkanes of at least 4 members (excludes halogenated alkanes) is 1. The average molecular weight is 327 g/mol. The van der Waals surface area contributed by atoms with Crippen LogP contribution >= 0.6 is 11.3 Å². The molecule has 0 spiro atoms. The summed E-state index contributed by atoms with van der Waals surface area (Å²) in [6.07, 6.45) is 4.73. The minimum atomic E-state index is -0.468. The Hall–Kier alpha value is -1.14. The van der Waals surface area contributed by atoms with Crippen molar-refractivity contribution in [3.05, 3.63) is 16.6 Å². The smallest absolute Gasteiger partial charge is 0.407 e. The fraction of sp³-hybridized carbons (Fsp3) is 0.750. The molecule has 0 saturated heterocycles. The van der Waals surface area contributed by atoms with Crippen LogP contribution in [0.5, 0.6) is 0 Å². The van der Waals surface area contributed by atoms with E-state index in [1.807, 2.05) is 32.3 Å². The van der Waals surface area contributed by atoms with E-state index in [0.717, 1.165) is 24.3 Å². The molecule has 0 aliphatic rings. The van der Waals surface area contributed by atoms with Gasteiger partial charge in [0.1, 0.15) is 10.6 Å². The highest BCUT2D eigenvalue weighted by Crippen LogP contribution is 2.16. The van der Waals surface area contributed by atoms with E-state index in [9.17, 15) is 4.79 Å². The Kier molecular flexibility index (Phi) is 7.82. The van der Waals surface area contributed by atoms with Crippen LogP contribution in [0, 0.1) is 0 Å². The number of hydrogen-bond donors (Lipinski definition) is 2. The summed E-state index contributed by atoms with van der Waals surface area (Å²) in [6.45, 7) is 10.4. The quantitative estimate of drug-likeness (QED) is 0.760. The number of thiazole rings is 1. The molecule has 1 aromatic heterocycles. The third-order valence-electron chi connectivity index (χ3n) is 3.11. The van der Waals surface area contributed by atoms with Gasteiger partial charge >= 0.3 is 6.09 Å². The van der Waals surface area contributed by atoms with E-state index in [-0.39, 0.29) is 18.2 Å². The molecule has 0 aromatic carbocycles. The summed E-state index contributed by atoms with van der Waals surface area (Å²) in [5.74, 6) is 0. The fourth-order valence-electron chi connectivity index (χ4n) is 2.09. The van der Waals surface area contributed by atoms with E-state index in [4.69, 9.17) is 4.74 Å². The number of rotatable bonds is 8. The van der Waals surface area contributed by atoms with Crippen LogP contribution in [0.1, 0.15) is 64.9 Å². The fourth-order valence-corrected chi connectivity index (χ4v) is 2.74.